The molecule has 5 heteroatoms. The monoisotopic (exact) mass is 260 g/mol. The van der Waals surface area contributed by atoms with Crippen molar-refractivity contribution in [2.75, 3.05) is 53.0 Å². The van der Waals surface area contributed by atoms with Gasteiger partial charge in [0.25, 0.3) is 0 Å². The third kappa shape index (κ3) is 4.82. The zero-order chi connectivity index (χ0) is 13.4. The summed E-state index contributed by atoms with van der Waals surface area (Å²) < 4.78 is 10.9. The first-order chi connectivity index (χ1) is 8.65. The van der Waals surface area contributed by atoms with Crippen molar-refractivity contribution < 1.29 is 14.6 Å². The van der Waals surface area contributed by atoms with Crippen LogP contribution < -0.4 is 5.32 Å². The van der Waals surface area contributed by atoms with Crippen LogP contribution in [0.1, 0.15) is 20.3 Å². The van der Waals surface area contributed by atoms with Crippen LogP contribution in [0, 0.1) is 0 Å². The van der Waals surface area contributed by atoms with Gasteiger partial charge in [-0.25, -0.2) is 0 Å². The topological polar surface area (TPSA) is 54.0 Å². The fourth-order valence-corrected chi connectivity index (χ4v) is 2.27. The Morgan fingerprint density at radius 2 is 2.17 bits per heavy atom. The molecular formula is C13H28N2O3. The van der Waals surface area contributed by atoms with Crippen molar-refractivity contribution in [3.8, 4) is 0 Å². The van der Waals surface area contributed by atoms with Crippen molar-refractivity contribution in [1.82, 2.24) is 10.2 Å². The highest BCUT2D eigenvalue weighted by atomic mass is 16.5. The number of nitrogens with one attached hydrogen (secondary N) is 1. The molecule has 0 bridgehead atoms. The predicted molar refractivity (Wildman–Crippen MR) is 71.8 cm³/mol. The van der Waals surface area contributed by atoms with Gasteiger partial charge in [0.15, 0.2) is 0 Å². The molecule has 5 nitrogen and oxygen atoms in total. The minimum absolute atomic E-state index is 0.199. The van der Waals surface area contributed by atoms with Gasteiger partial charge in [-0.05, 0) is 13.1 Å². The lowest BCUT2D eigenvalue weighted by Gasteiger charge is -2.27. The average Bonchev–Trinajstić information content (AvgIpc) is 2.85. The largest absolute Gasteiger partial charge is 0.390 e. The molecule has 0 radical (unpaired) electrons. The molecule has 108 valence electrons. The van der Waals surface area contributed by atoms with Gasteiger partial charge in [0.05, 0.1) is 12.7 Å². The Morgan fingerprint density at radius 1 is 1.44 bits per heavy atom. The summed E-state index contributed by atoms with van der Waals surface area (Å²) in [7, 11) is 1.72. The van der Waals surface area contributed by atoms with Crippen molar-refractivity contribution in [3.63, 3.8) is 0 Å². The van der Waals surface area contributed by atoms with E-state index in [9.17, 15) is 5.11 Å². The lowest BCUT2D eigenvalue weighted by Crippen LogP contribution is -2.46. The van der Waals surface area contributed by atoms with Crippen molar-refractivity contribution in [3.05, 3.63) is 0 Å². The number of aliphatic hydroxyl groups excluding tert-OH is 1. The number of methoxy groups -OCH3 is 1. The SMILES string of the molecule is CCN(CC)CC(O)CNCC1(OC)CCOC1. The highest BCUT2D eigenvalue weighted by molar-refractivity contribution is 4.87. The van der Waals surface area contributed by atoms with Gasteiger partial charge < -0.3 is 24.8 Å². The van der Waals surface area contributed by atoms with Crippen LogP contribution in [-0.2, 0) is 9.47 Å². The molecule has 0 saturated carbocycles. The van der Waals surface area contributed by atoms with Gasteiger partial charge in [-0.15, -0.1) is 0 Å². The summed E-state index contributed by atoms with van der Waals surface area (Å²) in [5.74, 6) is 0. The van der Waals surface area contributed by atoms with E-state index in [-0.39, 0.29) is 11.7 Å². The molecule has 0 amide bonds. The van der Waals surface area contributed by atoms with Crippen LogP contribution in [0.4, 0.5) is 0 Å². The van der Waals surface area contributed by atoms with Gasteiger partial charge in [0.1, 0.15) is 5.60 Å². The lowest BCUT2D eigenvalue weighted by atomic mass is 10.0. The lowest BCUT2D eigenvalue weighted by molar-refractivity contribution is -0.0177. The van der Waals surface area contributed by atoms with Gasteiger partial charge in [-0.2, -0.15) is 0 Å². The molecule has 0 aromatic carbocycles. The maximum atomic E-state index is 9.94. The van der Waals surface area contributed by atoms with Crippen LogP contribution in [0.25, 0.3) is 0 Å². The van der Waals surface area contributed by atoms with E-state index in [1.807, 2.05) is 0 Å². The van der Waals surface area contributed by atoms with Gasteiger partial charge in [-0.3, -0.25) is 0 Å². The van der Waals surface area contributed by atoms with Crippen molar-refractivity contribution in [1.29, 1.82) is 0 Å². The summed E-state index contributed by atoms with van der Waals surface area (Å²) in [5, 5.41) is 13.2. The van der Waals surface area contributed by atoms with Crippen LogP contribution in [0.15, 0.2) is 0 Å². The minimum atomic E-state index is -0.332. The van der Waals surface area contributed by atoms with Crippen LogP contribution in [0.2, 0.25) is 0 Å². The Kier molecular flexibility index (Phi) is 7.11. The number of rotatable bonds is 9. The minimum Gasteiger partial charge on any atom is -0.390 e. The first-order valence-electron chi connectivity index (χ1n) is 6.90. The molecule has 1 rings (SSSR count). The summed E-state index contributed by atoms with van der Waals surface area (Å²) in [4.78, 5) is 2.22. The maximum absolute atomic E-state index is 9.94. The summed E-state index contributed by atoms with van der Waals surface area (Å²) >= 11 is 0. The summed E-state index contributed by atoms with van der Waals surface area (Å²) in [6.07, 6.45) is 0.587. The van der Waals surface area contributed by atoms with Gasteiger partial charge >= 0.3 is 0 Å². The molecule has 0 aromatic heterocycles. The summed E-state index contributed by atoms with van der Waals surface area (Å²) in [5.41, 5.74) is -0.199. The molecule has 1 aliphatic heterocycles. The Bertz CT molecular complexity index is 216. The van der Waals surface area contributed by atoms with Crippen LogP contribution >= 0.6 is 0 Å². The summed E-state index contributed by atoms with van der Waals surface area (Å²) in [6.45, 7) is 9.63. The second-order valence-corrected chi connectivity index (χ2v) is 4.96. The number of hydrogen-bond donors (Lipinski definition) is 2. The first kappa shape index (κ1) is 15.9. The number of likely N-dealkylation sites (N-methyl/N-ethyl adjacent to an activating group) is 1. The van der Waals surface area contributed by atoms with E-state index < -0.39 is 0 Å². The molecule has 2 N–H and O–H groups in total. The molecule has 0 aliphatic carbocycles. The molecule has 2 unspecified atom stereocenters. The number of aliphatic hydroxyl groups is 1. The average molecular weight is 260 g/mol. The molecule has 0 aromatic rings. The van der Waals surface area contributed by atoms with Gasteiger partial charge in [0, 0.05) is 39.8 Å². The summed E-state index contributed by atoms with van der Waals surface area (Å²) in [6, 6.07) is 0. The molecule has 18 heavy (non-hydrogen) atoms. The highest BCUT2D eigenvalue weighted by Gasteiger charge is 2.34. The standard InChI is InChI=1S/C13H28N2O3/c1-4-15(5-2)9-12(16)8-14-10-13(17-3)6-7-18-11-13/h12,14,16H,4-11H2,1-3H3. The van der Waals surface area contributed by atoms with Crippen molar-refractivity contribution in [2.45, 2.75) is 32.0 Å². The normalized spacial score (nSPS) is 25.8. The molecule has 1 aliphatic rings. The molecular weight excluding hydrogens is 232 g/mol. The second kappa shape index (κ2) is 8.07. The van der Waals surface area contributed by atoms with E-state index in [0.717, 1.165) is 39.2 Å². The zero-order valence-electron chi connectivity index (χ0n) is 11.9. The Hall–Kier alpha value is -0.200. The molecule has 1 heterocycles. The third-order valence-electron chi connectivity index (χ3n) is 3.69. The van der Waals surface area contributed by atoms with Crippen molar-refractivity contribution in [2.24, 2.45) is 0 Å². The van der Waals surface area contributed by atoms with Crippen LogP contribution in [0.5, 0.6) is 0 Å². The van der Waals surface area contributed by atoms with E-state index in [1.54, 1.807) is 7.11 Å². The fourth-order valence-electron chi connectivity index (χ4n) is 2.27. The number of nitrogens with zero attached hydrogens (tertiary/aromatic N) is 1. The Labute approximate surface area is 110 Å². The van der Waals surface area contributed by atoms with E-state index in [2.05, 4.69) is 24.1 Å². The van der Waals surface area contributed by atoms with Crippen molar-refractivity contribution >= 4 is 0 Å². The molecule has 0 spiro atoms. The zero-order valence-corrected chi connectivity index (χ0v) is 11.9. The maximum Gasteiger partial charge on any atom is 0.106 e. The Balaban J connectivity index is 2.20. The van der Waals surface area contributed by atoms with E-state index >= 15 is 0 Å². The van der Waals surface area contributed by atoms with Gasteiger partial charge in [-0.1, -0.05) is 13.8 Å². The molecule has 1 fully saturated rings. The smallest absolute Gasteiger partial charge is 0.106 e. The first-order valence-corrected chi connectivity index (χ1v) is 6.90. The number of hydrogen-bond acceptors (Lipinski definition) is 5. The van der Waals surface area contributed by atoms with Crippen LogP contribution in [-0.4, -0.2) is 74.8 Å². The second-order valence-electron chi connectivity index (χ2n) is 4.96. The quantitative estimate of drug-likeness (QED) is 0.615. The van der Waals surface area contributed by atoms with E-state index in [1.165, 1.54) is 0 Å². The molecule has 2 atom stereocenters. The third-order valence-corrected chi connectivity index (χ3v) is 3.69. The fraction of sp³-hybridized carbons (Fsp3) is 1.00. The van der Waals surface area contributed by atoms with E-state index in [4.69, 9.17) is 9.47 Å². The highest BCUT2D eigenvalue weighted by Crippen LogP contribution is 2.21. The Morgan fingerprint density at radius 3 is 2.67 bits per heavy atom. The van der Waals surface area contributed by atoms with E-state index in [0.29, 0.717) is 13.2 Å². The number of ether oxygens (including phenoxy) is 2. The molecule has 1 saturated heterocycles. The van der Waals surface area contributed by atoms with Crippen LogP contribution in [0.3, 0.4) is 0 Å². The predicted octanol–water partition coefficient (Wildman–Crippen LogP) is 0.0842. The van der Waals surface area contributed by atoms with Gasteiger partial charge in [0.2, 0.25) is 0 Å².